The fourth-order valence-corrected chi connectivity index (χ4v) is 1.83. The maximum absolute atomic E-state index is 10.7. The third-order valence-corrected chi connectivity index (χ3v) is 3.15. The molecule has 0 saturated heterocycles. The molecule has 0 aliphatic rings. The summed E-state index contributed by atoms with van der Waals surface area (Å²) in [5.74, 6) is 0. The van der Waals surface area contributed by atoms with Crippen molar-refractivity contribution in [3.8, 4) is 0 Å². The first kappa shape index (κ1) is 23.2. The molecule has 0 bridgehead atoms. The number of rotatable bonds is 14. The molecule has 0 amide bonds. The Kier molecular flexibility index (Phi) is 16.6. The normalized spacial score (nSPS) is 13.5. The van der Waals surface area contributed by atoms with Gasteiger partial charge in [-0.1, -0.05) is 79.8 Å². The summed E-state index contributed by atoms with van der Waals surface area (Å²) >= 11 is 0. The van der Waals surface area contributed by atoms with E-state index in [9.17, 15) is 14.9 Å². The first-order chi connectivity index (χ1) is 12.7. The monoisotopic (exact) mass is 354 g/mol. The number of carbonyl (C=O) groups excluding carboxylic acids is 1. The smallest absolute Gasteiger partial charge is 0.243 e. The molecule has 139 valence electrons. The van der Waals surface area contributed by atoms with Gasteiger partial charge in [0.2, 0.25) is 5.70 Å². The molecule has 0 aromatic carbocycles. The van der Waals surface area contributed by atoms with E-state index in [0.29, 0.717) is 6.42 Å². The van der Waals surface area contributed by atoms with Gasteiger partial charge in [0.05, 0.1) is 4.92 Å². The highest BCUT2D eigenvalue weighted by molar-refractivity contribution is 5.50. The Morgan fingerprint density at radius 2 is 1.38 bits per heavy atom. The van der Waals surface area contributed by atoms with Crippen LogP contribution in [0, 0.1) is 10.1 Å². The molecule has 0 atom stereocenters. The van der Waals surface area contributed by atoms with Gasteiger partial charge in [-0.3, -0.25) is 14.9 Å². The minimum Gasteiger partial charge on any atom is -0.291 e. The van der Waals surface area contributed by atoms with Crippen LogP contribution >= 0.6 is 0 Å². The number of nitrogens with zero attached hydrogens (tertiary/aromatic N) is 1. The lowest BCUT2D eigenvalue weighted by Gasteiger charge is -1.93. The molecule has 4 nitrogen and oxygen atoms in total. The molecule has 0 saturated carbocycles. The molecule has 0 aromatic rings. The molecule has 0 N–H and O–H groups in total. The first-order valence-corrected chi connectivity index (χ1v) is 8.85. The highest BCUT2D eigenvalue weighted by atomic mass is 16.6. The fraction of sp³-hybridized carbons (Fsp3) is 0.318. The molecule has 0 rings (SSSR count). The molecule has 4 heteroatoms. The van der Waals surface area contributed by atoms with E-state index in [1.54, 1.807) is 6.29 Å². The zero-order chi connectivity index (χ0) is 19.3. The van der Waals surface area contributed by atoms with Crippen molar-refractivity contribution >= 4 is 6.29 Å². The van der Waals surface area contributed by atoms with Crippen LogP contribution in [0.3, 0.4) is 0 Å². The van der Waals surface area contributed by atoms with Crippen molar-refractivity contribution in [1.82, 2.24) is 0 Å². The zero-order valence-corrected chi connectivity index (χ0v) is 15.4. The van der Waals surface area contributed by atoms with Gasteiger partial charge in [-0.25, -0.2) is 0 Å². The van der Waals surface area contributed by atoms with Crippen LogP contribution in [0.1, 0.15) is 45.4 Å². The van der Waals surface area contributed by atoms with E-state index in [1.165, 1.54) is 6.08 Å². The second-order valence-electron chi connectivity index (χ2n) is 5.28. The average molecular weight is 354 g/mol. The van der Waals surface area contributed by atoms with Gasteiger partial charge in [0.25, 0.3) is 0 Å². The van der Waals surface area contributed by atoms with Gasteiger partial charge in [0.15, 0.2) is 6.29 Å². The standard InChI is InChI=1S/C22H28NO3/c1-2-3-4-5-6-7-8-9-10-11-12-13-14-15-16-17-19-22(23(25)26)20-18-21-24/h3-4,6-7,9-16,19H,2,5,8,17-18,20H2,1H3/b4-3-,7-6-,10-9-,12-11-,14-13-,16-15-,22-19+. The second-order valence-corrected chi connectivity index (χ2v) is 5.28. The lowest BCUT2D eigenvalue weighted by molar-refractivity contribution is -0.428. The third kappa shape index (κ3) is 16.1. The van der Waals surface area contributed by atoms with Crippen molar-refractivity contribution in [3.63, 3.8) is 0 Å². The molecule has 0 aliphatic carbocycles. The van der Waals surface area contributed by atoms with Crippen LogP contribution in [0.15, 0.2) is 84.7 Å². The third-order valence-electron chi connectivity index (χ3n) is 3.15. The molecule has 26 heavy (non-hydrogen) atoms. The average Bonchev–Trinajstić information content (AvgIpc) is 2.63. The van der Waals surface area contributed by atoms with Gasteiger partial charge < -0.3 is 0 Å². The van der Waals surface area contributed by atoms with E-state index in [-0.39, 0.29) is 18.5 Å². The van der Waals surface area contributed by atoms with Gasteiger partial charge >= 0.3 is 0 Å². The van der Waals surface area contributed by atoms with E-state index >= 15 is 0 Å². The molecule has 0 spiro atoms. The Bertz CT molecular complexity index is 591. The minimum atomic E-state index is -0.451. The molecular formula is C22H28NO3. The van der Waals surface area contributed by atoms with Crippen LogP contribution in [-0.2, 0) is 4.79 Å². The van der Waals surface area contributed by atoms with Crippen molar-refractivity contribution in [1.29, 1.82) is 0 Å². The highest BCUT2D eigenvalue weighted by Crippen LogP contribution is 2.06. The van der Waals surface area contributed by atoms with Crippen LogP contribution < -0.4 is 0 Å². The van der Waals surface area contributed by atoms with Crippen molar-refractivity contribution < 1.29 is 9.72 Å². The van der Waals surface area contributed by atoms with E-state index in [1.807, 2.05) is 42.5 Å². The molecular weight excluding hydrogens is 326 g/mol. The van der Waals surface area contributed by atoms with Gasteiger partial charge in [-0.2, -0.15) is 0 Å². The molecule has 0 heterocycles. The molecule has 0 aromatic heterocycles. The Morgan fingerprint density at radius 1 is 0.846 bits per heavy atom. The number of nitro groups is 1. The summed E-state index contributed by atoms with van der Waals surface area (Å²) in [6.45, 7) is 2.12. The van der Waals surface area contributed by atoms with Crippen LogP contribution in [-0.4, -0.2) is 11.2 Å². The summed E-state index contributed by atoms with van der Waals surface area (Å²) in [6, 6.07) is 0. The summed E-state index contributed by atoms with van der Waals surface area (Å²) in [6.07, 6.45) is 30.8. The SMILES string of the molecule is CC/C=C\C/C=C\C\C=C/C=C\C=C/C=C\C/C=C(\CC[C]=O)[N+](=O)[O-]. The summed E-state index contributed by atoms with van der Waals surface area (Å²) < 4.78 is 0. The number of allylic oxidation sites excluding steroid dienone is 14. The summed E-state index contributed by atoms with van der Waals surface area (Å²) in [5, 5.41) is 10.7. The van der Waals surface area contributed by atoms with E-state index in [2.05, 4.69) is 37.3 Å². The summed E-state index contributed by atoms with van der Waals surface area (Å²) in [7, 11) is 0. The lowest BCUT2D eigenvalue weighted by Crippen LogP contribution is -1.98. The zero-order valence-electron chi connectivity index (χ0n) is 15.4. The second kappa shape index (κ2) is 18.6. The molecule has 0 fully saturated rings. The fourth-order valence-electron chi connectivity index (χ4n) is 1.83. The van der Waals surface area contributed by atoms with E-state index in [4.69, 9.17) is 0 Å². The van der Waals surface area contributed by atoms with Crippen molar-refractivity contribution in [3.05, 3.63) is 94.8 Å². The van der Waals surface area contributed by atoms with Crippen molar-refractivity contribution in [2.24, 2.45) is 0 Å². The Hall–Kier alpha value is -2.75. The van der Waals surface area contributed by atoms with Crippen LogP contribution in [0.4, 0.5) is 0 Å². The van der Waals surface area contributed by atoms with Crippen LogP contribution in [0.5, 0.6) is 0 Å². The molecule has 0 unspecified atom stereocenters. The van der Waals surface area contributed by atoms with Crippen LogP contribution in [0.2, 0.25) is 0 Å². The first-order valence-electron chi connectivity index (χ1n) is 8.85. The summed E-state index contributed by atoms with van der Waals surface area (Å²) in [5.41, 5.74) is 0.0578. The number of hydrogen-bond donors (Lipinski definition) is 0. The topological polar surface area (TPSA) is 60.2 Å². The lowest BCUT2D eigenvalue weighted by atomic mass is 10.2. The number of hydrogen-bond acceptors (Lipinski definition) is 3. The predicted molar refractivity (Wildman–Crippen MR) is 109 cm³/mol. The van der Waals surface area contributed by atoms with Gasteiger partial charge in [-0.05, 0) is 31.8 Å². The van der Waals surface area contributed by atoms with Crippen molar-refractivity contribution in [2.75, 3.05) is 0 Å². The maximum Gasteiger partial charge on any atom is 0.243 e. The van der Waals surface area contributed by atoms with Gasteiger partial charge in [0.1, 0.15) is 0 Å². The van der Waals surface area contributed by atoms with Gasteiger partial charge in [-0.15, -0.1) is 0 Å². The Balaban J connectivity index is 3.99. The van der Waals surface area contributed by atoms with Crippen LogP contribution in [0.25, 0.3) is 0 Å². The molecule has 1 radical (unpaired) electrons. The Labute approximate surface area is 156 Å². The Morgan fingerprint density at radius 3 is 1.96 bits per heavy atom. The van der Waals surface area contributed by atoms with Crippen molar-refractivity contribution in [2.45, 2.75) is 45.4 Å². The molecule has 0 aliphatic heterocycles. The minimum absolute atomic E-state index is 0.0560. The van der Waals surface area contributed by atoms with Gasteiger partial charge in [0, 0.05) is 12.8 Å². The highest BCUT2D eigenvalue weighted by Gasteiger charge is 2.08. The summed E-state index contributed by atoms with van der Waals surface area (Å²) in [4.78, 5) is 20.4. The predicted octanol–water partition coefficient (Wildman–Crippen LogP) is 5.95. The quantitative estimate of drug-likeness (QED) is 0.167. The van der Waals surface area contributed by atoms with E-state index in [0.717, 1.165) is 19.3 Å². The maximum atomic E-state index is 10.7. The van der Waals surface area contributed by atoms with E-state index < -0.39 is 4.92 Å². The largest absolute Gasteiger partial charge is 0.291 e.